The van der Waals surface area contributed by atoms with E-state index in [9.17, 15) is 14.4 Å². The average Bonchev–Trinajstić information content (AvgIpc) is 3.06. The Bertz CT molecular complexity index is 1020. The topological polar surface area (TPSA) is 90.9 Å². The van der Waals surface area contributed by atoms with Crippen molar-refractivity contribution in [2.75, 3.05) is 25.6 Å². The number of anilines is 1. The fraction of sp³-hybridized carbons (Fsp3) is 0.350. The van der Waals surface area contributed by atoms with E-state index in [0.717, 1.165) is 11.3 Å². The Kier molecular flexibility index (Phi) is 8.59. The second kappa shape index (κ2) is 10.5. The number of amides is 1. The van der Waals surface area contributed by atoms with Gasteiger partial charge in [0.15, 0.2) is 12.4 Å². The number of ether oxygens (including phenoxy) is 3. The van der Waals surface area contributed by atoms with E-state index in [4.69, 9.17) is 49.0 Å². The maximum Gasteiger partial charge on any atom is 0.348 e. The molecule has 0 aliphatic heterocycles. The summed E-state index contributed by atoms with van der Waals surface area (Å²) in [6.07, 6.45) is 0. The molecule has 0 radical (unpaired) electrons. The van der Waals surface area contributed by atoms with Crippen LogP contribution in [-0.4, -0.2) is 38.2 Å². The van der Waals surface area contributed by atoms with Crippen LogP contribution in [0.1, 0.15) is 43.6 Å². The minimum atomic E-state index is -0.669. The van der Waals surface area contributed by atoms with Crippen LogP contribution in [0.4, 0.5) is 5.00 Å². The van der Waals surface area contributed by atoms with Crippen molar-refractivity contribution in [3.8, 4) is 5.75 Å². The number of rotatable bonds is 7. The summed E-state index contributed by atoms with van der Waals surface area (Å²) < 4.78 is 15.3. The number of hydrogen-bond acceptors (Lipinski definition) is 7. The molecule has 2 aromatic rings. The molecule has 0 fully saturated rings. The molecular formula is C20H20Cl3NO6S. The Labute approximate surface area is 198 Å². The lowest BCUT2D eigenvalue weighted by Crippen LogP contribution is -2.21. The van der Waals surface area contributed by atoms with Crippen molar-refractivity contribution in [1.29, 1.82) is 0 Å². The van der Waals surface area contributed by atoms with E-state index < -0.39 is 24.5 Å². The molecule has 1 N–H and O–H groups in total. The lowest BCUT2D eigenvalue weighted by molar-refractivity contribution is -0.118. The second-order valence-corrected chi connectivity index (χ2v) is 8.48. The van der Waals surface area contributed by atoms with Gasteiger partial charge >= 0.3 is 11.9 Å². The Morgan fingerprint density at radius 3 is 2.03 bits per heavy atom. The zero-order valence-corrected chi connectivity index (χ0v) is 20.5. The first-order valence-corrected chi connectivity index (χ1v) is 10.9. The number of carbonyl (C=O) groups is 3. The molecule has 0 aliphatic carbocycles. The van der Waals surface area contributed by atoms with Gasteiger partial charge < -0.3 is 19.5 Å². The number of halogens is 3. The Hall–Kier alpha value is -2.00. The van der Waals surface area contributed by atoms with Gasteiger partial charge in [-0.2, -0.15) is 0 Å². The van der Waals surface area contributed by atoms with Gasteiger partial charge in [-0.05, 0) is 44.4 Å². The maximum atomic E-state index is 12.5. The number of esters is 2. The number of hydrogen-bond donors (Lipinski definition) is 1. The number of carbonyl (C=O) groups excluding carboxylic acids is 3. The first-order valence-electron chi connectivity index (χ1n) is 9.00. The molecule has 0 unspecified atom stereocenters. The second-order valence-electron chi connectivity index (χ2n) is 6.33. The Balaban J connectivity index is 2.29. The third-order valence-corrected chi connectivity index (χ3v) is 6.98. The molecule has 0 atom stereocenters. The minimum Gasteiger partial charge on any atom is -0.481 e. The number of nitrogens with one attached hydrogen (secondary N) is 1. The maximum absolute atomic E-state index is 12.5. The zero-order valence-electron chi connectivity index (χ0n) is 17.4. The van der Waals surface area contributed by atoms with Crippen LogP contribution in [-0.2, 0) is 14.3 Å². The zero-order chi connectivity index (χ0) is 23.5. The van der Waals surface area contributed by atoms with Crippen LogP contribution >= 0.6 is 46.1 Å². The molecule has 2 rings (SSSR count). The number of methoxy groups -OCH3 is 1. The average molecular weight is 509 g/mol. The first kappa shape index (κ1) is 25.3. The fourth-order valence-corrected chi connectivity index (χ4v) is 4.63. The third kappa shape index (κ3) is 5.26. The highest BCUT2D eigenvalue weighted by Gasteiger charge is 2.27. The van der Waals surface area contributed by atoms with Crippen molar-refractivity contribution in [3.05, 3.63) is 42.2 Å². The summed E-state index contributed by atoms with van der Waals surface area (Å²) in [7, 11) is 1.22. The first-order chi connectivity index (χ1) is 14.5. The monoisotopic (exact) mass is 507 g/mol. The van der Waals surface area contributed by atoms with Gasteiger partial charge in [-0.25, -0.2) is 9.59 Å². The van der Waals surface area contributed by atoms with Crippen molar-refractivity contribution in [3.63, 3.8) is 0 Å². The van der Waals surface area contributed by atoms with Gasteiger partial charge in [0.25, 0.3) is 5.91 Å². The van der Waals surface area contributed by atoms with E-state index in [-0.39, 0.29) is 37.8 Å². The summed E-state index contributed by atoms with van der Waals surface area (Å²) in [5, 5.41) is 3.52. The minimum absolute atomic E-state index is 0.0786. The van der Waals surface area contributed by atoms with Crippen molar-refractivity contribution >= 4 is 69.0 Å². The number of thiophene rings is 1. The smallest absolute Gasteiger partial charge is 0.348 e. The van der Waals surface area contributed by atoms with Crippen molar-refractivity contribution < 1.29 is 28.6 Å². The summed E-state index contributed by atoms with van der Waals surface area (Å²) in [6.45, 7) is 6.30. The summed E-state index contributed by atoms with van der Waals surface area (Å²) >= 11 is 19.6. The van der Waals surface area contributed by atoms with E-state index in [1.54, 1.807) is 27.7 Å². The lowest BCUT2D eigenvalue weighted by atomic mass is 10.1. The Morgan fingerprint density at radius 2 is 1.52 bits per heavy atom. The molecular weight excluding hydrogens is 489 g/mol. The van der Waals surface area contributed by atoms with E-state index in [1.165, 1.54) is 7.11 Å². The molecule has 31 heavy (non-hydrogen) atoms. The molecule has 0 aliphatic rings. The van der Waals surface area contributed by atoms with Gasteiger partial charge in [0.05, 0.1) is 29.3 Å². The molecule has 1 amide bonds. The van der Waals surface area contributed by atoms with Crippen molar-refractivity contribution in [2.24, 2.45) is 0 Å². The standard InChI is InChI=1S/C20H20Cl3NO6S/c1-6-29-19(26)12-8(2)17(20(27)28-5)31-18(12)24-11(25)7-30-16-14(22)9(3)13(21)10(4)15(16)23/h6-7H2,1-5H3,(H,24,25). The lowest BCUT2D eigenvalue weighted by Gasteiger charge is -2.15. The van der Waals surface area contributed by atoms with Crippen molar-refractivity contribution in [1.82, 2.24) is 0 Å². The molecule has 1 aromatic heterocycles. The van der Waals surface area contributed by atoms with Crippen molar-refractivity contribution in [2.45, 2.75) is 27.7 Å². The predicted octanol–water partition coefficient (Wildman–Crippen LogP) is 5.61. The van der Waals surface area contributed by atoms with E-state index in [1.807, 2.05) is 0 Å². The number of benzene rings is 1. The van der Waals surface area contributed by atoms with Gasteiger partial charge in [-0.3, -0.25) is 4.79 Å². The van der Waals surface area contributed by atoms with Crippen LogP contribution in [0.5, 0.6) is 5.75 Å². The summed E-state index contributed by atoms with van der Waals surface area (Å²) in [5.41, 5.74) is 1.57. The van der Waals surface area contributed by atoms with E-state index in [2.05, 4.69) is 5.32 Å². The molecule has 1 aromatic carbocycles. The highest BCUT2D eigenvalue weighted by atomic mass is 35.5. The SMILES string of the molecule is CCOC(=O)c1c(NC(=O)COc2c(Cl)c(C)c(Cl)c(C)c2Cl)sc(C(=O)OC)c1C. The van der Waals surface area contributed by atoms with Crippen LogP contribution in [0.3, 0.4) is 0 Å². The third-order valence-electron chi connectivity index (χ3n) is 4.31. The molecule has 7 nitrogen and oxygen atoms in total. The molecule has 0 spiro atoms. The van der Waals surface area contributed by atoms with Gasteiger partial charge in [-0.1, -0.05) is 34.8 Å². The quantitative estimate of drug-likeness (QED) is 0.489. The van der Waals surface area contributed by atoms with Gasteiger partial charge in [0, 0.05) is 5.02 Å². The van der Waals surface area contributed by atoms with Crippen LogP contribution in [0, 0.1) is 20.8 Å². The van der Waals surface area contributed by atoms with Gasteiger partial charge in [0.2, 0.25) is 0 Å². The summed E-state index contributed by atoms with van der Waals surface area (Å²) in [4.78, 5) is 37.1. The van der Waals surface area contributed by atoms with Crippen LogP contribution < -0.4 is 10.1 Å². The molecule has 0 bridgehead atoms. The molecule has 0 saturated heterocycles. The normalized spacial score (nSPS) is 10.6. The molecule has 1 heterocycles. The summed E-state index contributed by atoms with van der Waals surface area (Å²) in [6, 6.07) is 0. The largest absolute Gasteiger partial charge is 0.481 e. The molecule has 11 heteroatoms. The van der Waals surface area contributed by atoms with Gasteiger partial charge in [-0.15, -0.1) is 11.3 Å². The van der Waals surface area contributed by atoms with Crippen LogP contribution in [0.15, 0.2) is 0 Å². The molecule has 168 valence electrons. The van der Waals surface area contributed by atoms with E-state index >= 15 is 0 Å². The predicted molar refractivity (Wildman–Crippen MR) is 121 cm³/mol. The Morgan fingerprint density at radius 1 is 0.935 bits per heavy atom. The fourth-order valence-electron chi connectivity index (χ4n) is 2.68. The van der Waals surface area contributed by atoms with Crippen LogP contribution in [0.25, 0.3) is 0 Å². The summed E-state index contributed by atoms with van der Waals surface area (Å²) in [5.74, 6) is -1.77. The van der Waals surface area contributed by atoms with E-state index in [0.29, 0.717) is 21.7 Å². The highest BCUT2D eigenvalue weighted by molar-refractivity contribution is 7.18. The van der Waals surface area contributed by atoms with Gasteiger partial charge in [0.1, 0.15) is 9.88 Å². The molecule has 0 saturated carbocycles. The van der Waals surface area contributed by atoms with Crippen LogP contribution in [0.2, 0.25) is 15.1 Å². The highest BCUT2D eigenvalue weighted by Crippen LogP contribution is 2.42.